The average Bonchev–Trinajstić information content (AvgIpc) is 3.07. The highest BCUT2D eigenvalue weighted by Crippen LogP contribution is 2.32. The summed E-state index contributed by atoms with van der Waals surface area (Å²) in [5.74, 6) is 0.589. The van der Waals surface area contributed by atoms with Crippen molar-refractivity contribution in [2.45, 2.75) is 24.9 Å². The molecule has 6 nitrogen and oxygen atoms in total. The Labute approximate surface area is 148 Å². The van der Waals surface area contributed by atoms with Crippen molar-refractivity contribution in [3.05, 3.63) is 30.1 Å². The molecule has 136 valence electrons. The van der Waals surface area contributed by atoms with E-state index in [4.69, 9.17) is 4.74 Å². The first-order valence-electron chi connectivity index (χ1n) is 9.42. The van der Waals surface area contributed by atoms with Gasteiger partial charge in [-0.3, -0.25) is 4.90 Å². The molecule has 25 heavy (non-hydrogen) atoms. The molecule has 1 unspecified atom stereocenters. The Morgan fingerprint density at radius 3 is 2.64 bits per heavy atom. The molecule has 2 aromatic rings. The topological polar surface area (TPSA) is 64.6 Å². The van der Waals surface area contributed by atoms with E-state index in [0.29, 0.717) is 5.92 Å². The van der Waals surface area contributed by atoms with Crippen LogP contribution in [0.2, 0.25) is 0 Å². The van der Waals surface area contributed by atoms with Crippen LogP contribution < -0.4 is 0 Å². The van der Waals surface area contributed by atoms with E-state index in [-0.39, 0.29) is 6.10 Å². The zero-order valence-electron chi connectivity index (χ0n) is 14.7. The summed E-state index contributed by atoms with van der Waals surface area (Å²) in [6.45, 7) is 7.10. The number of β-amino-alcohol motifs (C(OH)–C–C–N with tert-alkyl or cyclic N) is 1. The van der Waals surface area contributed by atoms with Gasteiger partial charge in [0.2, 0.25) is 0 Å². The highest BCUT2D eigenvalue weighted by Gasteiger charge is 2.25. The van der Waals surface area contributed by atoms with Gasteiger partial charge in [-0.25, -0.2) is 4.98 Å². The predicted octanol–water partition coefficient (Wildman–Crippen LogP) is 1.44. The van der Waals surface area contributed by atoms with Gasteiger partial charge in [0.1, 0.15) is 5.65 Å². The highest BCUT2D eigenvalue weighted by atomic mass is 16.5. The lowest BCUT2D eigenvalue weighted by Gasteiger charge is -2.35. The summed E-state index contributed by atoms with van der Waals surface area (Å²) >= 11 is 0. The number of aromatic nitrogens is 2. The maximum atomic E-state index is 10.4. The number of aromatic amines is 1. The molecule has 0 bridgehead atoms. The van der Waals surface area contributed by atoms with Crippen molar-refractivity contribution in [3.8, 4) is 0 Å². The number of likely N-dealkylation sites (tertiary alicyclic amines) is 1. The van der Waals surface area contributed by atoms with E-state index >= 15 is 0 Å². The molecular weight excluding hydrogens is 316 g/mol. The van der Waals surface area contributed by atoms with Crippen LogP contribution >= 0.6 is 0 Å². The number of nitrogens with zero attached hydrogens (tertiary/aromatic N) is 3. The molecule has 2 aliphatic rings. The number of fused-ring (bicyclic) bond motifs is 1. The van der Waals surface area contributed by atoms with E-state index in [1.165, 1.54) is 10.9 Å². The van der Waals surface area contributed by atoms with E-state index in [2.05, 4.69) is 32.0 Å². The molecule has 0 spiro atoms. The van der Waals surface area contributed by atoms with Crippen LogP contribution in [0.1, 0.15) is 24.3 Å². The Bertz CT molecular complexity index is 675. The van der Waals surface area contributed by atoms with Gasteiger partial charge in [0, 0.05) is 44.0 Å². The maximum Gasteiger partial charge on any atom is 0.137 e. The van der Waals surface area contributed by atoms with Crippen molar-refractivity contribution < 1.29 is 9.84 Å². The van der Waals surface area contributed by atoms with E-state index in [0.717, 1.165) is 71.0 Å². The van der Waals surface area contributed by atoms with Gasteiger partial charge in [-0.15, -0.1) is 0 Å². The van der Waals surface area contributed by atoms with Crippen molar-refractivity contribution in [3.63, 3.8) is 0 Å². The summed E-state index contributed by atoms with van der Waals surface area (Å²) in [6.07, 6.45) is 5.98. The number of aliphatic hydroxyl groups is 1. The number of hydrogen-bond donors (Lipinski definition) is 2. The maximum absolute atomic E-state index is 10.4. The lowest BCUT2D eigenvalue weighted by atomic mass is 9.89. The van der Waals surface area contributed by atoms with Gasteiger partial charge in [-0.2, -0.15) is 0 Å². The van der Waals surface area contributed by atoms with Gasteiger partial charge >= 0.3 is 0 Å². The first-order chi connectivity index (χ1) is 12.3. The number of nitrogens with one attached hydrogen (secondary N) is 1. The normalized spacial score (nSPS) is 22.4. The van der Waals surface area contributed by atoms with Crippen LogP contribution in [0.15, 0.2) is 24.5 Å². The van der Waals surface area contributed by atoms with Gasteiger partial charge < -0.3 is 19.7 Å². The summed E-state index contributed by atoms with van der Waals surface area (Å²) in [5, 5.41) is 11.7. The van der Waals surface area contributed by atoms with Crippen molar-refractivity contribution in [2.75, 3.05) is 52.5 Å². The molecule has 2 saturated heterocycles. The Balaban J connectivity index is 1.28. The number of morpholine rings is 1. The standard InChI is InChI=1S/C19H28N4O2/c24-16(14-23-8-10-25-11-9-23)13-22-6-3-15(4-7-22)18-12-21-19-17(18)2-1-5-20-19/h1-2,5,12,15-16,24H,3-4,6-11,13-14H2,(H,20,21). The van der Waals surface area contributed by atoms with E-state index in [1.54, 1.807) is 0 Å². The molecule has 4 heterocycles. The molecule has 0 amide bonds. The fourth-order valence-corrected chi connectivity index (χ4v) is 4.18. The fourth-order valence-electron chi connectivity index (χ4n) is 4.18. The van der Waals surface area contributed by atoms with Gasteiger partial charge in [0.25, 0.3) is 0 Å². The summed E-state index contributed by atoms with van der Waals surface area (Å²) < 4.78 is 5.37. The minimum atomic E-state index is -0.271. The third kappa shape index (κ3) is 4.03. The average molecular weight is 344 g/mol. The lowest BCUT2D eigenvalue weighted by molar-refractivity contribution is 0.00510. The van der Waals surface area contributed by atoms with Crippen LogP contribution in [0.3, 0.4) is 0 Å². The molecule has 4 rings (SSSR count). The van der Waals surface area contributed by atoms with Crippen LogP contribution in [-0.4, -0.2) is 83.5 Å². The molecule has 2 aromatic heterocycles. The van der Waals surface area contributed by atoms with E-state index in [1.807, 2.05) is 12.3 Å². The lowest BCUT2D eigenvalue weighted by Crippen LogP contribution is -2.46. The smallest absolute Gasteiger partial charge is 0.137 e. The summed E-state index contributed by atoms with van der Waals surface area (Å²) in [4.78, 5) is 12.4. The second kappa shape index (κ2) is 7.83. The van der Waals surface area contributed by atoms with Crippen molar-refractivity contribution in [1.29, 1.82) is 0 Å². The Kier molecular flexibility index (Phi) is 5.31. The molecule has 2 aliphatic heterocycles. The summed E-state index contributed by atoms with van der Waals surface area (Å²) in [6, 6.07) is 4.17. The molecule has 2 N–H and O–H groups in total. The summed E-state index contributed by atoms with van der Waals surface area (Å²) in [7, 11) is 0. The number of pyridine rings is 1. The predicted molar refractivity (Wildman–Crippen MR) is 97.8 cm³/mol. The SMILES string of the molecule is OC(CN1CCOCC1)CN1CCC(c2c[nH]c3ncccc23)CC1. The molecular formula is C19H28N4O2. The number of hydrogen-bond acceptors (Lipinski definition) is 5. The number of H-pyrrole nitrogens is 1. The second-order valence-corrected chi connectivity index (χ2v) is 7.29. The molecule has 2 fully saturated rings. The first kappa shape index (κ1) is 17.0. The number of piperidine rings is 1. The van der Waals surface area contributed by atoms with Gasteiger partial charge in [-0.1, -0.05) is 0 Å². The monoisotopic (exact) mass is 344 g/mol. The third-order valence-corrected chi connectivity index (χ3v) is 5.55. The van der Waals surface area contributed by atoms with Gasteiger partial charge in [-0.05, 0) is 49.5 Å². The largest absolute Gasteiger partial charge is 0.390 e. The van der Waals surface area contributed by atoms with Crippen molar-refractivity contribution in [1.82, 2.24) is 19.8 Å². The molecule has 6 heteroatoms. The summed E-state index contributed by atoms with van der Waals surface area (Å²) in [5.41, 5.74) is 2.39. The van der Waals surface area contributed by atoms with Crippen LogP contribution in [0.5, 0.6) is 0 Å². The number of ether oxygens (including phenoxy) is 1. The Morgan fingerprint density at radius 2 is 1.88 bits per heavy atom. The minimum Gasteiger partial charge on any atom is -0.390 e. The molecule has 1 atom stereocenters. The van der Waals surface area contributed by atoms with Crippen LogP contribution in [0, 0.1) is 0 Å². The van der Waals surface area contributed by atoms with Crippen LogP contribution in [0.4, 0.5) is 0 Å². The van der Waals surface area contributed by atoms with Crippen molar-refractivity contribution >= 4 is 11.0 Å². The Hall–Kier alpha value is -1.47. The first-order valence-corrected chi connectivity index (χ1v) is 9.42. The molecule has 0 aromatic carbocycles. The quantitative estimate of drug-likeness (QED) is 0.859. The molecule has 0 radical (unpaired) electrons. The van der Waals surface area contributed by atoms with Crippen molar-refractivity contribution in [2.24, 2.45) is 0 Å². The number of rotatable bonds is 5. The third-order valence-electron chi connectivity index (χ3n) is 5.55. The van der Waals surface area contributed by atoms with Crippen LogP contribution in [0.25, 0.3) is 11.0 Å². The highest BCUT2D eigenvalue weighted by molar-refractivity contribution is 5.80. The zero-order valence-corrected chi connectivity index (χ0v) is 14.7. The van der Waals surface area contributed by atoms with Gasteiger partial charge in [0.15, 0.2) is 0 Å². The van der Waals surface area contributed by atoms with Gasteiger partial charge in [0.05, 0.1) is 19.3 Å². The second-order valence-electron chi connectivity index (χ2n) is 7.29. The van der Waals surface area contributed by atoms with E-state index in [9.17, 15) is 5.11 Å². The number of aliphatic hydroxyl groups excluding tert-OH is 1. The molecule has 0 aliphatic carbocycles. The van der Waals surface area contributed by atoms with Crippen LogP contribution in [-0.2, 0) is 4.74 Å². The Morgan fingerprint density at radius 1 is 1.16 bits per heavy atom. The fraction of sp³-hybridized carbons (Fsp3) is 0.632. The van der Waals surface area contributed by atoms with E-state index < -0.39 is 0 Å². The molecule has 0 saturated carbocycles. The zero-order chi connectivity index (χ0) is 17.1. The minimum absolute atomic E-state index is 0.271.